The maximum atomic E-state index is 11.7. The van der Waals surface area contributed by atoms with Gasteiger partial charge in [0.05, 0.1) is 13.2 Å². The molecule has 2 rings (SSSR count). The van der Waals surface area contributed by atoms with Crippen LogP contribution in [-0.4, -0.2) is 30.6 Å². The van der Waals surface area contributed by atoms with Crippen molar-refractivity contribution in [1.29, 1.82) is 0 Å². The molecule has 1 aliphatic rings. The van der Waals surface area contributed by atoms with Crippen LogP contribution in [0, 0.1) is 0 Å². The molecule has 92 valence electrons. The number of carbonyl (C=O) groups is 1. The predicted molar refractivity (Wildman–Crippen MR) is 66.8 cm³/mol. The van der Waals surface area contributed by atoms with E-state index >= 15 is 0 Å². The topological polar surface area (TPSA) is 52.6 Å². The van der Waals surface area contributed by atoms with Crippen LogP contribution in [0.2, 0.25) is 0 Å². The van der Waals surface area contributed by atoms with Crippen molar-refractivity contribution in [3.8, 4) is 0 Å². The molecule has 0 aliphatic heterocycles. The molecule has 0 bridgehead atoms. The van der Waals surface area contributed by atoms with Gasteiger partial charge in [0.15, 0.2) is 0 Å². The zero-order chi connectivity index (χ0) is 12.3. The van der Waals surface area contributed by atoms with E-state index in [1.165, 1.54) is 0 Å². The Balaban J connectivity index is 1.97. The molecule has 0 heterocycles. The summed E-state index contributed by atoms with van der Waals surface area (Å²) in [6, 6.07) is 7.96. The number of hydrogen-bond acceptors (Lipinski definition) is 3. The molecule has 2 N–H and O–H groups in total. The molecule has 0 unspecified atom stereocenters. The number of aliphatic hydroxyl groups excluding tert-OH is 1. The number of nitrogens with zero attached hydrogens (tertiary/aromatic N) is 1. The van der Waals surface area contributed by atoms with Gasteiger partial charge in [-0.3, -0.25) is 4.79 Å². The third kappa shape index (κ3) is 3.20. The van der Waals surface area contributed by atoms with E-state index < -0.39 is 0 Å². The minimum Gasteiger partial charge on any atom is -0.392 e. The number of amides is 1. The van der Waals surface area contributed by atoms with Crippen molar-refractivity contribution in [2.24, 2.45) is 0 Å². The lowest BCUT2D eigenvalue weighted by Crippen LogP contribution is -2.36. The molecule has 0 saturated heterocycles. The SMILES string of the molecule is CN(CC(=O)NC1CC1)c1ccccc1CO. The zero-order valence-electron chi connectivity index (χ0n) is 10.0. The van der Waals surface area contributed by atoms with Crippen molar-refractivity contribution < 1.29 is 9.90 Å². The summed E-state index contributed by atoms with van der Waals surface area (Å²) in [5.74, 6) is 0.0442. The Kier molecular flexibility index (Phi) is 3.64. The van der Waals surface area contributed by atoms with Gasteiger partial charge in [0.1, 0.15) is 0 Å². The normalized spacial score (nSPS) is 14.5. The lowest BCUT2D eigenvalue weighted by Gasteiger charge is -2.21. The van der Waals surface area contributed by atoms with Crippen LogP contribution in [-0.2, 0) is 11.4 Å². The molecule has 0 atom stereocenters. The first-order chi connectivity index (χ1) is 8.20. The van der Waals surface area contributed by atoms with Crippen molar-refractivity contribution in [1.82, 2.24) is 5.32 Å². The van der Waals surface area contributed by atoms with Gasteiger partial charge in [-0.15, -0.1) is 0 Å². The van der Waals surface area contributed by atoms with Crippen LogP contribution in [0.3, 0.4) is 0 Å². The van der Waals surface area contributed by atoms with Gasteiger partial charge >= 0.3 is 0 Å². The molecule has 1 amide bonds. The highest BCUT2D eigenvalue weighted by Gasteiger charge is 2.23. The quantitative estimate of drug-likeness (QED) is 0.795. The number of para-hydroxylation sites is 1. The summed E-state index contributed by atoms with van der Waals surface area (Å²) in [4.78, 5) is 13.5. The second kappa shape index (κ2) is 5.19. The highest BCUT2D eigenvalue weighted by Crippen LogP contribution is 2.20. The highest BCUT2D eigenvalue weighted by atomic mass is 16.3. The number of nitrogens with one attached hydrogen (secondary N) is 1. The fourth-order valence-corrected chi connectivity index (χ4v) is 1.82. The van der Waals surface area contributed by atoms with E-state index in [4.69, 9.17) is 0 Å². The molecule has 0 aromatic heterocycles. The maximum absolute atomic E-state index is 11.7. The van der Waals surface area contributed by atoms with Crippen molar-refractivity contribution in [2.75, 3.05) is 18.5 Å². The molecule has 1 aromatic rings. The van der Waals surface area contributed by atoms with Crippen molar-refractivity contribution in [3.63, 3.8) is 0 Å². The van der Waals surface area contributed by atoms with E-state index in [1.54, 1.807) is 0 Å². The fraction of sp³-hybridized carbons (Fsp3) is 0.462. The Morgan fingerprint density at radius 2 is 2.18 bits per heavy atom. The molecule has 0 radical (unpaired) electrons. The average molecular weight is 234 g/mol. The molecule has 17 heavy (non-hydrogen) atoms. The van der Waals surface area contributed by atoms with Gasteiger partial charge in [-0.25, -0.2) is 0 Å². The number of hydrogen-bond donors (Lipinski definition) is 2. The van der Waals surface area contributed by atoms with E-state index in [0.29, 0.717) is 12.6 Å². The first-order valence-electron chi connectivity index (χ1n) is 5.90. The van der Waals surface area contributed by atoms with Gasteiger partial charge in [0.25, 0.3) is 0 Å². The van der Waals surface area contributed by atoms with E-state index in [2.05, 4.69) is 5.32 Å². The summed E-state index contributed by atoms with van der Waals surface area (Å²) in [7, 11) is 1.86. The second-order valence-electron chi connectivity index (χ2n) is 4.48. The van der Waals surface area contributed by atoms with Crippen molar-refractivity contribution in [3.05, 3.63) is 29.8 Å². The number of anilines is 1. The zero-order valence-corrected chi connectivity index (χ0v) is 10.0. The van der Waals surface area contributed by atoms with Gasteiger partial charge in [-0.05, 0) is 18.9 Å². The molecule has 4 heteroatoms. The van der Waals surface area contributed by atoms with Gasteiger partial charge in [-0.2, -0.15) is 0 Å². The third-order valence-corrected chi connectivity index (χ3v) is 2.90. The summed E-state index contributed by atoms with van der Waals surface area (Å²) < 4.78 is 0. The molecule has 4 nitrogen and oxygen atoms in total. The van der Waals surface area contributed by atoms with E-state index in [-0.39, 0.29) is 12.5 Å². The smallest absolute Gasteiger partial charge is 0.239 e. The minimum absolute atomic E-state index is 0.00917. The summed E-state index contributed by atoms with van der Waals surface area (Å²) in [5, 5.41) is 12.2. The van der Waals surface area contributed by atoms with Crippen molar-refractivity contribution >= 4 is 11.6 Å². The molecule has 1 fully saturated rings. The summed E-state index contributed by atoms with van der Waals surface area (Å²) >= 11 is 0. The molecule has 1 saturated carbocycles. The van der Waals surface area contributed by atoms with Crippen LogP contribution in [0.5, 0.6) is 0 Å². The second-order valence-corrected chi connectivity index (χ2v) is 4.48. The molecule has 0 spiro atoms. The Hall–Kier alpha value is -1.55. The predicted octanol–water partition coefficient (Wildman–Crippen LogP) is 0.894. The molecular weight excluding hydrogens is 216 g/mol. The van der Waals surface area contributed by atoms with Crippen LogP contribution < -0.4 is 10.2 Å². The Bertz CT molecular complexity index is 402. The molecule has 1 aliphatic carbocycles. The van der Waals surface area contributed by atoms with Gasteiger partial charge in [0.2, 0.25) is 5.91 Å². The summed E-state index contributed by atoms with van der Waals surface area (Å²) in [5.41, 5.74) is 1.75. The molecule has 1 aromatic carbocycles. The third-order valence-electron chi connectivity index (χ3n) is 2.90. The van der Waals surface area contributed by atoms with E-state index in [0.717, 1.165) is 24.1 Å². The van der Waals surface area contributed by atoms with Crippen LogP contribution in [0.4, 0.5) is 5.69 Å². The number of aliphatic hydroxyl groups is 1. The highest BCUT2D eigenvalue weighted by molar-refractivity contribution is 5.82. The minimum atomic E-state index is -0.00917. The van der Waals surface area contributed by atoms with Gasteiger partial charge < -0.3 is 15.3 Å². The van der Waals surface area contributed by atoms with E-state index in [1.807, 2.05) is 36.2 Å². The number of carbonyl (C=O) groups excluding carboxylic acids is 1. The summed E-state index contributed by atoms with van der Waals surface area (Å²) in [6.07, 6.45) is 2.20. The van der Waals surface area contributed by atoms with Crippen LogP contribution >= 0.6 is 0 Å². The number of benzene rings is 1. The Morgan fingerprint density at radius 3 is 2.82 bits per heavy atom. The van der Waals surface area contributed by atoms with Gasteiger partial charge in [0, 0.05) is 24.3 Å². The van der Waals surface area contributed by atoms with Crippen LogP contribution in [0.25, 0.3) is 0 Å². The van der Waals surface area contributed by atoms with Crippen LogP contribution in [0.15, 0.2) is 24.3 Å². The Morgan fingerprint density at radius 1 is 1.47 bits per heavy atom. The number of rotatable bonds is 5. The summed E-state index contributed by atoms with van der Waals surface area (Å²) in [6.45, 7) is 0.318. The lowest BCUT2D eigenvalue weighted by atomic mass is 10.1. The lowest BCUT2D eigenvalue weighted by molar-refractivity contribution is -0.119. The largest absolute Gasteiger partial charge is 0.392 e. The standard InChI is InChI=1S/C13H18N2O2/c1-15(8-13(17)14-11-6-7-11)12-5-3-2-4-10(12)9-16/h2-5,11,16H,6-9H2,1H3,(H,14,17). The van der Waals surface area contributed by atoms with Crippen LogP contribution in [0.1, 0.15) is 18.4 Å². The Labute approximate surface area is 101 Å². The van der Waals surface area contributed by atoms with E-state index in [9.17, 15) is 9.90 Å². The maximum Gasteiger partial charge on any atom is 0.239 e. The van der Waals surface area contributed by atoms with Crippen molar-refractivity contribution in [2.45, 2.75) is 25.5 Å². The average Bonchev–Trinajstić information content (AvgIpc) is 3.12. The number of likely N-dealkylation sites (N-methyl/N-ethyl adjacent to an activating group) is 1. The first kappa shape index (κ1) is 11.9. The monoisotopic (exact) mass is 234 g/mol. The van der Waals surface area contributed by atoms with Gasteiger partial charge in [-0.1, -0.05) is 18.2 Å². The fourth-order valence-electron chi connectivity index (χ4n) is 1.82. The first-order valence-corrected chi connectivity index (χ1v) is 5.90. The molecular formula is C13H18N2O2.